The molecule has 5 nitrogen and oxygen atoms in total. The SMILES string of the molecule is CCOC(=O)OCn1c(-c2ccc(Cl)cc2)c(C#N)c(Br)c1C(F)(F)F. The number of carbonyl (C=O) groups is 1. The fourth-order valence-corrected chi connectivity index (χ4v) is 3.12. The van der Waals surface area contributed by atoms with Gasteiger partial charge in [0.2, 0.25) is 0 Å². The summed E-state index contributed by atoms with van der Waals surface area (Å²) in [6, 6.07) is 7.63. The number of benzene rings is 1. The maximum absolute atomic E-state index is 13.5. The van der Waals surface area contributed by atoms with Crippen molar-refractivity contribution in [3.63, 3.8) is 0 Å². The van der Waals surface area contributed by atoms with E-state index in [4.69, 9.17) is 16.3 Å². The Hall–Kier alpha value is -2.18. The van der Waals surface area contributed by atoms with Crippen molar-refractivity contribution in [2.45, 2.75) is 19.8 Å². The number of ether oxygens (including phenoxy) is 2. The van der Waals surface area contributed by atoms with Crippen molar-refractivity contribution in [1.29, 1.82) is 5.26 Å². The summed E-state index contributed by atoms with van der Waals surface area (Å²) in [7, 11) is 0. The molecule has 0 aliphatic carbocycles. The average Bonchev–Trinajstić information content (AvgIpc) is 2.85. The van der Waals surface area contributed by atoms with Crippen LogP contribution in [0.5, 0.6) is 0 Å². The molecule has 138 valence electrons. The lowest BCUT2D eigenvalue weighted by Gasteiger charge is -2.15. The zero-order valence-corrected chi connectivity index (χ0v) is 15.6. The van der Waals surface area contributed by atoms with Crippen LogP contribution in [0.4, 0.5) is 18.0 Å². The summed E-state index contributed by atoms with van der Waals surface area (Å²) in [4.78, 5) is 11.4. The molecule has 0 saturated carbocycles. The second-order valence-electron chi connectivity index (χ2n) is 4.89. The lowest BCUT2D eigenvalue weighted by atomic mass is 10.1. The van der Waals surface area contributed by atoms with Crippen molar-refractivity contribution in [1.82, 2.24) is 4.57 Å². The Kier molecular flexibility index (Phi) is 6.21. The number of nitrogens with zero attached hydrogens (tertiary/aromatic N) is 2. The molecule has 0 spiro atoms. The van der Waals surface area contributed by atoms with E-state index < -0.39 is 29.2 Å². The third-order valence-electron chi connectivity index (χ3n) is 3.28. The lowest BCUT2D eigenvalue weighted by Crippen LogP contribution is -2.18. The summed E-state index contributed by atoms with van der Waals surface area (Å²) in [5.74, 6) is 0. The highest BCUT2D eigenvalue weighted by Gasteiger charge is 2.41. The second kappa shape index (κ2) is 8.01. The average molecular weight is 452 g/mol. The first-order valence-electron chi connectivity index (χ1n) is 7.15. The van der Waals surface area contributed by atoms with E-state index in [9.17, 15) is 23.2 Å². The Morgan fingerprint density at radius 1 is 1.31 bits per heavy atom. The molecule has 0 amide bonds. The normalized spacial score (nSPS) is 11.1. The molecule has 2 rings (SSSR count). The highest BCUT2D eigenvalue weighted by atomic mass is 79.9. The summed E-state index contributed by atoms with van der Waals surface area (Å²) in [5, 5.41) is 9.74. The molecule has 0 aliphatic heterocycles. The fourth-order valence-electron chi connectivity index (χ4n) is 2.28. The molecule has 0 N–H and O–H groups in total. The minimum Gasteiger partial charge on any atom is -0.435 e. The van der Waals surface area contributed by atoms with E-state index in [0.717, 1.165) is 0 Å². The molecular formula is C16H11BrClF3N2O3. The van der Waals surface area contributed by atoms with Crippen molar-refractivity contribution in [2.24, 2.45) is 0 Å². The van der Waals surface area contributed by atoms with Crippen LogP contribution in [-0.2, 0) is 22.4 Å². The van der Waals surface area contributed by atoms with Gasteiger partial charge in [-0.2, -0.15) is 18.4 Å². The number of nitriles is 1. The van der Waals surface area contributed by atoms with Gasteiger partial charge >= 0.3 is 12.3 Å². The van der Waals surface area contributed by atoms with Crippen LogP contribution in [0.2, 0.25) is 5.02 Å². The largest absolute Gasteiger partial charge is 0.510 e. The van der Waals surface area contributed by atoms with E-state index in [1.165, 1.54) is 31.2 Å². The molecule has 0 aliphatic rings. The van der Waals surface area contributed by atoms with Gasteiger partial charge in [-0.3, -0.25) is 0 Å². The number of halogens is 5. The summed E-state index contributed by atoms with van der Waals surface area (Å²) >= 11 is 8.65. The number of rotatable bonds is 4. The quantitative estimate of drug-likeness (QED) is 0.568. The first-order chi connectivity index (χ1) is 12.2. The summed E-state index contributed by atoms with van der Waals surface area (Å²) < 4.78 is 50.2. The topological polar surface area (TPSA) is 64.2 Å². The third-order valence-corrected chi connectivity index (χ3v) is 4.30. The van der Waals surface area contributed by atoms with Crippen molar-refractivity contribution in [3.8, 4) is 17.3 Å². The van der Waals surface area contributed by atoms with Crippen LogP contribution in [-0.4, -0.2) is 17.3 Å². The van der Waals surface area contributed by atoms with Crippen LogP contribution in [0.1, 0.15) is 18.2 Å². The van der Waals surface area contributed by atoms with Gasteiger partial charge in [0.1, 0.15) is 11.8 Å². The van der Waals surface area contributed by atoms with Crippen LogP contribution in [0, 0.1) is 11.3 Å². The standard InChI is InChI=1S/C16H11BrClF3N2O3/c1-2-25-15(24)26-8-23-13(9-3-5-10(18)6-4-9)11(7-22)12(17)14(23)16(19,20)21/h3-6H,2,8H2,1H3. The van der Waals surface area contributed by atoms with Crippen LogP contribution in [0.3, 0.4) is 0 Å². The van der Waals surface area contributed by atoms with E-state index in [1.807, 2.05) is 0 Å². The molecule has 1 aromatic heterocycles. The Labute approximate surface area is 160 Å². The summed E-state index contributed by atoms with van der Waals surface area (Å²) in [6.07, 6.45) is -5.92. The smallest absolute Gasteiger partial charge is 0.435 e. The fraction of sp³-hybridized carbons (Fsp3) is 0.250. The minimum absolute atomic E-state index is 0.00776. The first-order valence-corrected chi connectivity index (χ1v) is 8.32. The van der Waals surface area contributed by atoms with Crippen LogP contribution >= 0.6 is 27.5 Å². The van der Waals surface area contributed by atoms with E-state index in [2.05, 4.69) is 20.7 Å². The van der Waals surface area contributed by atoms with E-state index >= 15 is 0 Å². The zero-order valence-electron chi connectivity index (χ0n) is 13.2. The molecule has 0 bridgehead atoms. The van der Waals surface area contributed by atoms with Crippen molar-refractivity contribution < 1.29 is 27.4 Å². The van der Waals surface area contributed by atoms with Gasteiger partial charge in [0.15, 0.2) is 6.73 Å². The number of hydrogen-bond donors (Lipinski definition) is 0. The third kappa shape index (κ3) is 4.14. The minimum atomic E-state index is -4.80. The van der Waals surface area contributed by atoms with Crippen LogP contribution < -0.4 is 0 Å². The molecule has 0 saturated heterocycles. The van der Waals surface area contributed by atoms with E-state index in [0.29, 0.717) is 15.2 Å². The van der Waals surface area contributed by atoms with Gasteiger partial charge in [-0.05, 0) is 40.5 Å². The summed E-state index contributed by atoms with van der Waals surface area (Å²) in [6.45, 7) is 0.751. The molecule has 0 radical (unpaired) electrons. The highest BCUT2D eigenvalue weighted by Crippen LogP contribution is 2.43. The monoisotopic (exact) mass is 450 g/mol. The molecule has 10 heteroatoms. The number of carbonyl (C=O) groups excluding carboxylic acids is 1. The van der Waals surface area contributed by atoms with E-state index in [-0.39, 0.29) is 17.9 Å². The Morgan fingerprint density at radius 2 is 1.92 bits per heavy atom. The van der Waals surface area contributed by atoms with Crippen LogP contribution in [0.15, 0.2) is 28.7 Å². The Morgan fingerprint density at radius 3 is 2.42 bits per heavy atom. The zero-order chi connectivity index (χ0) is 19.5. The molecule has 26 heavy (non-hydrogen) atoms. The maximum Gasteiger partial charge on any atom is 0.510 e. The number of aromatic nitrogens is 1. The van der Waals surface area contributed by atoms with Gasteiger partial charge in [-0.1, -0.05) is 23.7 Å². The van der Waals surface area contributed by atoms with Crippen molar-refractivity contribution >= 4 is 33.7 Å². The van der Waals surface area contributed by atoms with Gasteiger partial charge in [-0.25, -0.2) is 4.79 Å². The lowest BCUT2D eigenvalue weighted by molar-refractivity contribution is -0.146. The molecule has 1 aromatic carbocycles. The molecular weight excluding hydrogens is 441 g/mol. The Bertz CT molecular complexity index is 858. The van der Waals surface area contributed by atoms with E-state index in [1.54, 1.807) is 6.07 Å². The Balaban J connectivity index is 2.66. The van der Waals surface area contributed by atoms with Crippen LogP contribution in [0.25, 0.3) is 11.3 Å². The van der Waals surface area contributed by atoms with Crippen molar-refractivity contribution in [2.75, 3.05) is 6.61 Å². The van der Waals surface area contributed by atoms with Gasteiger partial charge in [0.25, 0.3) is 0 Å². The number of alkyl halides is 3. The van der Waals surface area contributed by atoms with Gasteiger partial charge in [0.05, 0.1) is 22.3 Å². The van der Waals surface area contributed by atoms with Gasteiger partial charge in [0, 0.05) is 5.02 Å². The maximum atomic E-state index is 13.5. The number of hydrogen-bond acceptors (Lipinski definition) is 4. The van der Waals surface area contributed by atoms with Gasteiger partial charge < -0.3 is 14.0 Å². The molecule has 0 atom stereocenters. The van der Waals surface area contributed by atoms with Crippen molar-refractivity contribution in [3.05, 3.63) is 45.0 Å². The first kappa shape index (κ1) is 20.1. The summed E-state index contributed by atoms with van der Waals surface area (Å²) in [5.41, 5.74) is -1.15. The molecule has 1 heterocycles. The van der Waals surface area contributed by atoms with Gasteiger partial charge in [-0.15, -0.1) is 0 Å². The molecule has 0 unspecified atom stereocenters. The highest BCUT2D eigenvalue weighted by molar-refractivity contribution is 9.10. The molecule has 2 aromatic rings. The second-order valence-corrected chi connectivity index (χ2v) is 6.12. The molecule has 0 fully saturated rings. The predicted molar refractivity (Wildman–Crippen MR) is 90.4 cm³/mol. The predicted octanol–water partition coefficient (Wildman–Crippen LogP) is 5.59.